The molecule has 2 aromatic rings. The molecule has 1 fully saturated rings. The van der Waals surface area contributed by atoms with Crippen LogP contribution in [0.1, 0.15) is 24.3 Å². The van der Waals surface area contributed by atoms with Gasteiger partial charge in [0.1, 0.15) is 0 Å². The predicted octanol–water partition coefficient (Wildman–Crippen LogP) is 3.64. The van der Waals surface area contributed by atoms with Crippen LogP contribution in [-0.4, -0.2) is 32.8 Å². The van der Waals surface area contributed by atoms with Crippen LogP contribution in [0, 0.1) is 5.92 Å². The van der Waals surface area contributed by atoms with Crippen molar-refractivity contribution in [3.8, 4) is 11.5 Å². The third-order valence-corrected chi connectivity index (χ3v) is 4.92. The van der Waals surface area contributed by atoms with Crippen molar-refractivity contribution in [2.45, 2.75) is 18.8 Å². The molecule has 2 aromatic carbocycles. The smallest absolute Gasteiger partial charge is 0.195 e. The van der Waals surface area contributed by atoms with E-state index in [1.54, 1.807) is 7.05 Å². The summed E-state index contributed by atoms with van der Waals surface area (Å²) in [6.07, 6.45) is 2.14. The third kappa shape index (κ3) is 3.93. The zero-order valence-electron chi connectivity index (χ0n) is 15.1. The number of rotatable bonds is 4. The number of benzene rings is 2. The van der Waals surface area contributed by atoms with Gasteiger partial charge in [-0.15, -0.1) is 0 Å². The molecule has 1 aliphatic heterocycles. The first-order valence-electron chi connectivity index (χ1n) is 9.26. The average molecular weight is 351 g/mol. The van der Waals surface area contributed by atoms with E-state index in [1.807, 2.05) is 18.2 Å². The summed E-state index contributed by atoms with van der Waals surface area (Å²) in [5.41, 5.74) is 2.38. The summed E-state index contributed by atoms with van der Waals surface area (Å²) in [5, 5.41) is 6.78. The second-order valence-electron chi connectivity index (χ2n) is 6.80. The lowest BCUT2D eigenvalue weighted by Gasteiger charge is -2.14. The zero-order valence-corrected chi connectivity index (χ0v) is 15.1. The summed E-state index contributed by atoms with van der Waals surface area (Å²) in [4.78, 5) is 4.33. The van der Waals surface area contributed by atoms with Crippen molar-refractivity contribution < 1.29 is 9.47 Å². The Kier molecular flexibility index (Phi) is 4.95. The number of aliphatic imine (C=N–C) groups is 1. The van der Waals surface area contributed by atoms with Gasteiger partial charge in [0.2, 0.25) is 0 Å². The predicted molar refractivity (Wildman–Crippen MR) is 104 cm³/mol. The molecule has 1 aliphatic carbocycles. The minimum absolute atomic E-state index is 0.666. The van der Waals surface area contributed by atoms with Crippen molar-refractivity contribution in [3.63, 3.8) is 0 Å². The van der Waals surface area contributed by atoms with E-state index in [0.29, 0.717) is 25.0 Å². The Morgan fingerprint density at radius 3 is 2.69 bits per heavy atom. The molecule has 5 nitrogen and oxygen atoms in total. The van der Waals surface area contributed by atoms with Crippen molar-refractivity contribution in [3.05, 3.63) is 54.1 Å². The van der Waals surface area contributed by atoms with Gasteiger partial charge in [-0.05, 0) is 36.0 Å². The molecule has 136 valence electrons. The Labute approximate surface area is 154 Å². The van der Waals surface area contributed by atoms with E-state index in [0.717, 1.165) is 36.1 Å². The second-order valence-corrected chi connectivity index (χ2v) is 6.80. The van der Waals surface area contributed by atoms with Crippen molar-refractivity contribution in [1.82, 2.24) is 5.32 Å². The van der Waals surface area contributed by atoms with Gasteiger partial charge in [-0.3, -0.25) is 4.99 Å². The van der Waals surface area contributed by atoms with Crippen LogP contribution in [0.4, 0.5) is 5.69 Å². The molecule has 0 saturated heterocycles. The van der Waals surface area contributed by atoms with E-state index in [1.165, 1.54) is 12.0 Å². The Bertz CT molecular complexity index is 776. The maximum Gasteiger partial charge on any atom is 0.195 e. The van der Waals surface area contributed by atoms with Crippen LogP contribution >= 0.6 is 0 Å². The summed E-state index contributed by atoms with van der Waals surface area (Å²) in [7, 11) is 1.79. The van der Waals surface area contributed by atoms with Gasteiger partial charge >= 0.3 is 0 Å². The van der Waals surface area contributed by atoms with Gasteiger partial charge in [0.25, 0.3) is 0 Å². The van der Waals surface area contributed by atoms with Crippen LogP contribution in [0.15, 0.2) is 53.5 Å². The highest BCUT2D eigenvalue weighted by atomic mass is 16.5. The molecular weight excluding hydrogens is 326 g/mol. The highest BCUT2D eigenvalue weighted by Crippen LogP contribution is 2.46. The SMILES string of the molecule is CN=C(NCC1CC1c1ccccc1)Nc1ccc2c(c1)OCCCO2. The van der Waals surface area contributed by atoms with Gasteiger partial charge in [0, 0.05) is 31.8 Å². The molecule has 2 N–H and O–H groups in total. The standard InChI is InChI=1S/C21H25N3O2/c1-22-21(23-14-16-12-18(16)15-6-3-2-4-7-15)24-17-8-9-19-20(13-17)26-11-5-10-25-19/h2-4,6-9,13,16,18H,5,10-12,14H2,1H3,(H2,22,23,24). The molecule has 0 bridgehead atoms. The van der Waals surface area contributed by atoms with Crippen LogP contribution in [0.5, 0.6) is 11.5 Å². The van der Waals surface area contributed by atoms with Crippen molar-refractivity contribution in [2.75, 3.05) is 32.1 Å². The maximum absolute atomic E-state index is 5.75. The van der Waals surface area contributed by atoms with E-state index in [2.05, 4.69) is 46.0 Å². The number of guanidine groups is 1. The summed E-state index contributed by atoms with van der Waals surface area (Å²) < 4.78 is 11.4. The van der Waals surface area contributed by atoms with Crippen molar-refractivity contribution >= 4 is 11.6 Å². The molecule has 0 radical (unpaired) electrons. The van der Waals surface area contributed by atoms with E-state index in [4.69, 9.17) is 9.47 Å². The fourth-order valence-corrected chi connectivity index (χ4v) is 3.37. The fraction of sp³-hybridized carbons (Fsp3) is 0.381. The Hall–Kier alpha value is -2.69. The average Bonchev–Trinajstić information content (AvgIpc) is 3.49. The van der Waals surface area contributed by atoms with Crippen LogP contribution in [0.25, 0.3) is 0 Å². The number of hydrogen-bond donors (Lipinski definition) is 2. The monoisotopic (exact) mass is 351 g/mol. The first-order valence-corrected chi connectivity index (χ1v) is 9.26. The summed E-state index contributed by atoms with van der Waals surface area (Å²) >= 11 is 0. The molecule has 0 aromatic heterocycles. The zero-order chi connectivity index (χ0) is 17.8. The number of nitrogens with one attached hydrogen (secondary N) is 2. The normalized spacial score (nSPS) is 21.7. The molecule has 2 unspecified atom stereocenters. The Morgan fingerprint density at radius 2 is 1.88 bits per heavy atom. The molecule has 2 atom stereocenters. The fourth-order valence-electron chi connectivity index (χ4n) is 3.37. The van der Waals surface area contributed by atoms with Gasteiger partial charge in [-0.1, -0.05) is 30.3 Å². The van der Waals surface area contributed by atoms with Crippen LogP contribution in [0.2, 0.25) is 0 Å². The first kappa shape index (κ1) is 16.8. The Morgan fingerprint density at radius 1 is 1.08 bits per heavy atom. The minimum atomic E-state index is 0.666. The summed E-state index contributed by atoms with van der Waals surface area (Å²) in [5.74, 6) is 3.70. The lowest BCUT2D eigenvalue weighted by Crippen LogP contribution is -2.32. The number of fused-ring (bicyclic) bond motifs is 1. The minimum Gasteiger partial charge on any atom is -0.490 e. The number of anilines is 1. The second kappa shape index (κ2) is 7.68. The molecule has 1 saturated carbocycles. The molecule has 0 spiro atoms. The van der Waals surface area contributed by atoms with Gasteiger partial charge in [-0.2, -0.15) is 0 Å². The molecule has 5 heteroatoms. The molecule has 2 aliphatic rings. The van der Waals surface area contributed by atoms with Gasteiger partial charge in [0.05, 0.1) is 13.2 Å². The van der Waals surface area contributed by atoms with E-state index in [-0.39, 0.29) is 0 Å². The third-order valence-electron chi connectivity index (χ3n) is 4.92. The number of hydrogen-bond acceptors (Lipinski definition) is 3. The topological polar surface area (TPSA) is 54.9 Å². The quantitative estimate of drug-likeness (QED) is 0.652. The maximum atomic E-state index is 5.75. The lowest BCUT2D eigenvalue weighted by atomic mass is 10.1. The van der Waals surface area contributed by atoms with Gasteiger partial charge in [0.15, 0.2) is 17.5 Å². The van der Waals surface area contributed by atoms with Crippen molar-refractivity contribution in [2.24, 2.45) is 10.9 Å². The highest BCUT2D eigenvalue weighted by molar-refractivity contribution is 5.93. The van der Waals surface area contributed by atoms with E-state index < -0.39 is 0 Å². The molecule has 1 heterocycles. The number of ether oxygens (including phenoxy) is 2. The first-order chi connectivity index (χ1) is 12.8. The van der Waals surface area contributed by atoms with E-state index >= 15 is 0 Å². The molecular formula is C21H25N3O2. The summed E-state index contributed by atoms with van der Waals surface area (Å²) in [6.45, 7) is 2.31. The summed E-state index contributed by atoms with van der Waals surface area (Å²) in [6, 6.07) is 16.6. The highest BCUT2D eigenvalue weighted by Gasteiger charge is 2.37. The van der Waals surface area contributed by atoms with Crippen LogP contribution in [0.3, 0.4) is 0 Å². The molecule has 0 amide bonds. The van der Waals surface area contributed by atoms with Crippen molar-refractivity contribution in [1.29, 1.82) is 0 Å². The number of nitrogens with zero attached hydrogens (tertiary/aromatic N) is 1. The lowest BCUT2D eigenvalue weighted by molar-refractivity contribution is 0.297. The van der Waals surface area contributed by atoms with E-state index in [9.17, 15) is 0 Å². The Balaban J connectivity index is 1.32. The molecule has 26 heavy (non-hydrogen) atoms. The van der Waals surface area contributed by atoms with Crippen LogP contribution < -0.4 is 20.1 Å². The van der Waals surface area contributed by atoms with Gasteiger partial charge in [-0.25, -0.2) is 0 Å². The van der Waals surface area contributed by atoms with Crippen LogP contribution in [-0.2, 0) is 0 Å². The van der Waals surface area contributed by atoms with Gasteiger partial charge < -0.3 is 20.1 Å². The largest absolute Gasteiger partial charge is 0.490 e. The molecule has 4 rings (SSSR count).